The Hall–Kier alpha value is -0.990. The highest BCUT2D eigenvalue weighted by molar-refractivity contribution is 14.1. The molecule has 4 nitrogen and oxygen atoms in total. The van der Waals surface area contributed by atoms with Crippen molar-refractivity contribution >= 4 is 45.0 Å². The molecule has 0 atom stereocenters. The van der Waals surface area contributed by atoms with Crippen molar-refractivity contribution in [2.75, 3.05) is 11.9 Å². The maximum atomic E-state index is 12.1. The number of nitrogens with zero attached hydrogens (tertiary/aromatic N) is 1. The van der Waals surface area contributed by atoms with Gasteiger partial charge in [0.05, 0.1) is 5.69 Å². The molecule has 0 spiro atoms. The summed E-state index contributed by atoms with van der Waals surface area (Å²) >= 11 is 3.67. The van der Waals surface area contributed by atoms with E-state index in [1.165, 1.54) is 11.3 Å². The van der Waals surface area contributed by atoms with Crippen molar-refractivity contribution < 1.29 is 9.90 Å². The molecule has 1 heterocycles. The summed E-state index contributed by atoms with van der Waals surface area (Å²) in [5.74, 6) is -0.149. The number of halogens is 1. The van der Waals surface area contributed by atoms with E-state index in [-0.39, 0.29) is 12.5 Å². The molecule has 0 bridgehead atoms. The van der Waals surface area contributed by atoms with E-state index < -0.39 is 0 Å². The summed E-state index contributed by atoms with van der Waals surface area (Å²) in [6.07, 6.45) is 1.51. The molecule has 2 N–H and O–H groups in total. The molecule has 106 valence electrons. The Morgan fingerprint density at radius 1 is 1.40 bits per heavy atom. The Labute approximate surface area is 135 Å². The summed E-state index contributed by atoms with van der Waals surface area (Å²) in [7, 11) is 0. The van der Waals surface area contributed by atoms with Crippen molar-refractivity contribution in [3.05, 3.63) is 44.0 Å². The molecule has 1 amide bonds. The molecule has 2 rings (SSSR count). The lowest BCUT2D eigenvalue weighted by molar-refractivity contribution is 0.102. The monoisotopic (exact) mass is 402 g/mol. The predicted octanol–water partition coefficient (Wildman–Crippen LogP) is 3.23. The fourth-order valence-electron chi connectivity index (χ4n) is 1.72. The number of anilines is 1. The summed E-state index contributed by atoms with van der Waals surface area (Å²) in [4.78, 5) is 17.5. The summed E-state index contributed by atoms with van der Waals surface area (Å²) in [6.45, 7) is 2.09. The van der Waals surface area contributed by atoms with Crippen molar-refractivity contribution in [2.45, 2.75) is 19.8 Å². The second kappa shape index (κ2) is 7.14. The lowest BCUT2D eigenvalue weighted by Crippen LogP contribution is -2.11. The fraction of sp³-hybridized carbons (Fsp3) is 0.286. The number of nitrogens with one attached hydrogen (secondary N) is 1. The SMILES string of the molecule is Cc1nc(NC(=O)c2ccc(I)cc2)sc1CCCO. The third-order valence-corrected chi connectivity index (χ3v) is 4.63. The van der Waals surface area contributed by atoms with Gasteiger partial charge in [-0.3, -0.25) is 10.1 Å². The third-order valence-electron chi connectivity index (χ3n) is 2.78. The standard InChI is InChI=1S/C14H15IN2O2S/c1-9-12(3-2-8-18)20-14(16-9)17-13(19)10-4-6-11(15)7-5-10/h4-7,18H,2-3,8H2,1H3,(H,16,17,19). The van der Waals surface area contributed by atoms with Crippen LogP contribution in [-0.2, 0) is 6.42 Å². The number of aromatic nitrogens is 1. The van der Waals surface area contributed by atoms with Crippen molar-refractivity contribution in [2.24, 2.45) is 0 Å². The van der Waals surface area contributed by atoms with Crippen LogP contribution in [0.1, 0.15) is 27.3 Å². The number of thiazole rings is 1. The van der Waals surface area contributed by atoms with Crippen LogP contribution in [0, 0.1) is 10.5 Å². The quantitative estimate of drug-likeness (QED) is 0.755. The van der Waals surface area contributed by atoms with Gasteiger partial charge < -0.3 is 5.11 Å². The molecule has 1 aromatic heterocycles. The smallest absolute Gasteiger partial charge is 0.257 e. The molecular weight excluding hydrogens is 387 g/mol. The molecule has 0 unspecified atom stereocenters. The van der Waals surface area contributed by atoms with Gasteiger partial charge in [0.2, 0.25) is 0 Å². The number of aliphatic hydroxyl groups excluding tert-OH is 1. The average molecular weight is 402 g/mol. The van der Waals surface area contributed by atoms with E-state index in [0.717, 1.165) is 20.6 Å². The van der Waals surface area contributed by atoms with Gasteiger partial charge in [-0.15, -0.1) is 11.3 Å². The number of carbonyl (C=O) groups is 1. The molecule has 2 aromatic rings. The number of amides is 1. The van der Waals surface area contributed by atoms with E-state index >= 15 is 0 Å². The van der Waals surface area contributed by atoms with Crippen molar-refractivity contribution in [3.63, 3.8) is 0 Å². The predicted molar refractivity (Wildman–Crippen MR) is 89.4 cm³/mol. The highest BCUT2D eigenvalue weighted by Crippen LogP contribution is 2.24. The van der Waals surface area contributed by atoms with Crippen molar-refractivity contribution in [1.29, 1.82) is 0 Å². The molecule has 0 saturated heterocycles. The van der Waals surface area contributed by atoms with Gasteiger partial charge in [-0.05, 0) is 66.6 Å². The highest BCUT2D eigenvalue weighted by Gasteiger charge is 2.11. The van der Waals surface area contributed by atoms with Gasteiger partial charge in [0.25, 0.3) is 5.91 Å². The van der Waals surface area contributed by atoms with Crippen LogP contribution in [-0.4, -0.2) is 22.6 Å². The molecule has 1 aromatic carbocycles. The fourth-order valence-corrected chi connectivity index (χ4v) is 3.08. The van der Waals surface area contributed by atoms with Gasteiger partial charge in [-0.2, -0.15) is 0 Å². The van der Waals surface area contributed by atoms with Gasteiger partial charge in [0.15, 0.2) is 5.13 Å². The summed E-state index contributed by atoms with van der Waals surface area (Å²) in [6, 6.07) is 7.39. The van der Waals surface area contributed by atoms with Crippen LogP contribution < -0.4 is 5.32 Å². The Bertz CT molecular complexity index is 596. The largest absolute Gasteiger partial charge is 0.396 e. The van der Waals surface area contributed by atoms with Gasteiger partial charge in [-0.1, -0.05) is 0 Å². The molecule has 0 aliphatic heterocycles. The van der Waals surface area contributed by atoms with Crippen LogP contribution in [0.2, 0.25) is 0 Å². The van der Waals surface area contributed by atoms with Crippen molar-refractivity contribution in [3.8, 4) is 0 Å². The Morgan fingerprint density at radius 3 is 2.75 bits per heavy atom. The van der Waals surface area contributed by atoms with Crippen LogP contribution in [0.5, 0.6) is 0 Å². The van der Waals surface area contributed by atoms with Gasteiger partial charge in [0.1, 0.15) is 0 Å². The number of carbonyl (C=O) groups excluding carboxylic acids is 1. The van der Waals surface area contributed by atoms with E-state index in [2.05, 4.69) is 32.9 Å². The first-order valence-electron chi connectivity index (χ1n) is 6.24. The molecular formula is C14H15IN2O2S. The minimum absolute atomic E-state index is 0.149. The maximum absolute atomic E-state index is 12.1. The first-order chi connectivity index (χ1) is 9.60. The van der Waals surface area contributed by atoms with E-state index in [0.29, 0.717) is 17.1 Å². The van der Waals surface area contributed by atoms with Crippen molar-refractivity contribution in [1.82, 2.24) is 4.98 Å². The molecule has 0 aliphatic carbocycles. The Kier molecular flexibility index (Phi) is 5.50. The number of hydrogen-bond acceptors (Lipinski definition) is 4. The lowest BCUT2D eigenvalue weighted by Gasteiger charge is -2.01. The summed E-state index contributed by atoms with van der Waals surface area (Å²) in [5, 5.41) is 12.3. The zero-order chi connectivity index (χ0) is 14.5. The number of aryl methyl sites for hydroxylation is 2. The van der Waals surface area contributed by atoms with Crippen LogP contribution in [0.25, 0.3) is 0 Å². The topological polar surface area (TPSA) is 62.2 Å². The van der Waals surface area contributed by atoms with E-state index in [9.17, 15) is 4.79 Å². The maximum Gasteiger partial charge on any atom is 0.257 e. The van der Waals surface area contributed by atoms with Gasteiger partial charge >= 0.3 is 0 Å². The second-order valence-electron chi connectivity index (χ2n) is 4.32. The third kappa shape index (κ3) is 4.00. The Morgan fingerprint density at radius 2 is 2.10 bits per heavy atom. The zero-order valence-electron chi connectivity index (χ0n) is 11.0. The van der Waals surface area contributed by atoms with E-state index in [4.69, 9.17) is 5.11 Å². The van der Waals surface area contributed by atoms with Gasteiger partial charge in [0, 0.05) is 20.6 Å². The second-order valence-corrected chi connectivity index (χ2v) is 6.65. The molecule has 0 aliphatic rings. The first kappa shape index (κ1) is 15.4. The minimum atomic E-state index is -0.149. The van der Waals surface area contributed by atoms with Crippen LogP contribution in [0.15, 0.2) is 24.3 Å². The number of benzene rings is 1. The van der Waals surface area contributed by atoms with Crippen LogP contribution in [0.3, 0.4) is 0 Å². The molecule has 6 heteroatoms. The normalized spacial score (nSPS) is 10.6. The lowest BCUT2D eigenvalue weighted by atomic mass is 10.2. The van der Waals surface area contributed by atoms with Gasteiger partial charge in [-0.25, -0.2) is 4.98 Å². The van der Waals surface area contributed by atoms with Crippen LogP contribution >= 0.6 is 33.9 Å². The van der Waals surface area contributed by atoms with Crippen LogP contribution in [0.4, 0.5) is 5.13 Å². The molecule has 0 saturated carbocycles. The first-order valence-corrected chi connectivity index (χ1v) is 8.13. The highest BCUT2D eigenvalue weighted by atomic mass is 127. The van der Waals surface area contributed by atoms with E-state index in [1.807, 2.05) is 19.1 Å². The Balaban J connectivity index is 2.06. The molecule has 0 radical (unpaired) electrons. The molecule has 0 fully saturated rings. The van der Waals surface area contributed by atoms with E-state index in [1.54, 1.807) is 12.1 Å². The minimum Gasteiger partial charge on any atom is -0.396 e. The number of rotatable bonds is 5. The number of aliphatic hydroxyl groups is 1. The summed E-state index contributed by atoms with van der Waals surface area (Å²) in [5.41, 5.74) is 1.54. The molecule has 20 heavy (non-hydrogen) atoms. The summed E-state index contributed by atoms with van der Waals surface area (Å²) < 4.78 is 1.09. The number of hydrogen-bond donors (Lipinski definition) is 2. The zero-order valence-corrected chi connectivity index (χ0v) is 14.0. The average Bonchev–Trinajstić information content (AvgIpc) is 2.77.